The van der Waals surface area contributed by atoms with Crippen molar-refractivity contribution in [2.24, 2.45) is 0 Å². The van der Waals surface area contributed by atoms with Crippen molar-refractivity contribution in [2.75, 3.05) is 27.8 Å². The quantitative estimate of drug-likeness (QED) is 0.275. The minimum absolute atomic E-state index is 0. The summed E-state index contributed by atoms with van der Waals surface area (Å²) in [6.07, 6.45) is 0.905. The first-order valence-electron chi connectivity index (χ1n) is 7.63. The van der Waals surface area contributed by atoms with Gasteiger partial charge in [-0.05, 0) is 29.8 Å². The van der Waals surface area contributed by atoms with Crippen LogP contribution < -0.4 is 33.5 Å². The van der Waals surface area contributed by atoms with Crippen molar-refractivity contribution < 1.29 is 42.9 Å². The molecule has 0 radical (unpaired) electrons. The van der Waals surface area contributed by atoms with Crippen molar-refractivity contribution in [2.45, 2.75) is 6.42 Å². The minimum atomic E-state index is -0.388. The Kier molecular flexibility index (Phi) is 5.99. The van der Waals surface area contributed by atoms with Crippen molar-refractivity contribution >= 4 is 11.4 Å². The van der Waals surface area contributed by atoms with Crippen LogP contribution >= 0.6 is 0 Å². The molecule has 1 aliphatic rings. The summed E-state index contributed by atoms with van der Waals surface area (Å²) in [4.78, 5) is 10.5. The topological polar surface area (TPSA) is 64.6 Å². The number of ether oxygens (including phenoxy) is 2. The molecule has 3 rings (SSSR count). The van der Waals surface area contributed by atoms with Crippen LogP contribution in [0.5, 0.6) is 11.5 Å². The number of nitrogens with zero attached hydrogens (tertiary/aromatic N) is 2. The highest BCUT2D eigenvalue weighted by Crippen LogP contribution is 2.33. The fourth-order valence-corrected chi connectivity index (χ4v) is 3.07. The zero-order chi connectivity index (χ0) is 17.3. The largest absolute Gasteiger partial charge is 1.00 e. The van der Waals surface area contributed by atoms with E-state index >= 15 is 0 Å². The number of hydrogen-bond acceptors (Lipinski definition) is 4. The molecule has 0 unspecified atom stereocenters. The maximum absolute atomic E-state index is 10.9. The third-order valence-corrected chi connectivity index (χ3v) is 4.31. The lowest BCUT2D eigenvalue weighted by molar-refractivity contribution is -0.497. The molecule has 2 aromatic carbocycles. The molecule has 0 N–H and O–H groups in total. The average Bonchev–Trinajstić information content (AvgIpc) is 2.60. The molecular weight excluding hydrogens is 435 g/mol. The first-order chi connectivity index (χ1) is 11.5. The van der Waals surface area contributed by atoms with Crippen LogP contribution in [-0.2, 0) is 6.42 Å². The van der Waals surface area contributed by atoms with Crippen LogP contribution in [0.25, 0.3) is 0 Å². The van der Waals surface area contributed by atoms with E-state index in [1.807, 2.05) is 19.2 Å². The Balaban J connectivity index is 0.00000225. The van der Waals surface area contributed by atoms with Crippen molar-refractivity contribution in [1.82, 2.24) is 0 Å². The predicted molar refractivity (Wildman–Crippen MR) is 90.6 cm³/mol. The number of non-ortho nitro benzene ring substituents is 1. The fourth-order valence-electron chi connectivity index (χ4n) is 3.07. The third-order valence-electron chi connectivity index (χ3n) is 4.31. The second-order valence-electron chi connectivity index (χ2n) is 5.69. The van der Waals surface area contributed by atoms with E-state index in [0.29, 0.717) is 11.5 Å². The number of methoxy groups -OCH3 is 2. The van der Waals surface area contributed by atoms with E-state index in [2.05, 4.69) is 4.58 Å². The summed E-state index contributed by atoms with van der Waals surface area (Å²) < 4.78 is 13.0. The van der Waals surface area contributed by atoms with Gasteiger partial charge in [0.1, 0.15) is 13.6 Å². The second kappa shape index (κ2) is 7.81. The molecule has 7 heteroatoms. The number of fused-ring (bicyclic) bond motifs is 1. The molecule has 0 saturated carbocycles. The molecule has 2 aromatic rings. The summed E-state index contributed by atoms with van der Waals surface area (Å²) in [7, 11) is 5.26. The number of benzene rings is 2. The standard InChI is InChI=1S/C18H19N2O4.HI/c1-19-9-8-13-10-16(23-2)17(24-3)11-15(13)18(19)12-4-6-14(7-5-12)20(21)22;/h4-7,10-11H,8-9H2,1-3H3;1H/q+1;/p-1. The zero-order valence-corrected chi connectivity index (χ0v) is 16.4. The lowest BCUT2D eigenvalue weighted by atomic mass is 9.92. The number of nitro benzene ring substituents is 1. The molecule has 0 saturated heterocycles. The smallest absolute Gasteiger partial charge is 0.269 e. The monoisotopic (exact) mass is 454 g/mol. The lowest BCUT2D eigenvalue weighted by Gasteiger charge is -2.19. The molecule has 0 spiro atoms. The van der Waals surface area contributed by atoms with Crippen LogP contribution in [0.3, 0.4) is 0 Å². The Morgan fingerprint density at radius 1 is 1.08 bits per heavy atom. The SMILES string of the molecule is COc1cc2c(cc1OC)C(c1ccc([N+](=O)[O-])cc1)=[N+](C)CC2.[I-]. The van der Waals surface area contributed by atoms with Gasteiger partial charge in [0, 0.05) is 24.1 Å². The predicted octanol–water partition coefficient (Wildman–Crippen LogP) is -0.348. The van der Waals surface area contributed by atoms with Gasteiger partial charge in [0.25, 0.3) is 5.69 Å². The van der Waals surface area contributed by atoms with Crippen LogP contribution in [0.2, 0.25) is 0 Å². The van der Waals surface area contributed by atoms with Crippen molar-refractivity contribution in [3.05, 3.63) is 63.2 Å². The first-order valence-corrected chi connectivity index (χ1v) is 7.63. The molecule has 0 amide bonds. The molecule has 0 atom stereocenters. The highest BCUT2D eigenvalue weighted by Gasteiger charge is 2.27. The van der Waals surface area contributed by atoms with Gasteiger partial charge in [-0.2, -0.15) is 0 Å². The molecule has 6 nitrogen and oxygen atoms in total. The second-order valence-corrected chi connectivity index (χ2v) is 5.69. The number of rotatable bonds is 4. The summed E-state index contributed by atoms with van der Waals surface area (Å²) in [5, 5.41) is 10.9. The summed E-state index contributed by atoms with van der Waals surface area (Å²) in [6, 6.07) is 10.6. The van der Waals surface area contributed by atoms with E-state index in [9.17, 15) is 10.1 Å². The van der Waals surface area contributed by atoms with Gasteiger partial charge in [-0.15, -0.1) is 0 Å². The van der Waals surface area contributed by atoms with Crippen LogP contribution in [0, 0.1) is 10.1 Å². The Hall–Kier alpha value is -2.16. The van der Waals surface area contributed by atoms with Gasteiger partial charge >= 0.3 is 0 Å². The molecule has 1 aliphatic heterocycles. The van der Waals surface area contributed by atoms with Gasteiger partial charge in [0.2, 0.25) is 5.71 Å². The van der Waals surface area contributed by atoms with Crippen molar-refractivity contribution in [1.29, 1.82) is 0 Å². The van der Waals surface area contributed by atoms with E-state index in [4.69, 9.17) is 9.47 Å². The summed E-state index contributed by atoms with van der Waals surface area (Å²) in [5.41, 5.74) is 4.31. The molecule has 0 fully saturated rings. The van der Waals surface area contributed by atoms with E-state index in [1.54, 1.807) is 26.4 Å². The van der Waals surface area contributed by atoms with Gasteiger partial charge < -0.3 is 33.5 Å². The van der Waals surface area contributed by atoms with Gasteiger partial charge in [-0.1, -0.05) is 0 Å². The van der Waals surface area contributed by atoms with E-state index in [0.717, 1.165) is 29.8 Å². The Morgan fingerprint density at radius 2 is 1.68 bits per heavy atom. The zero-order valence-electron chi connectivity index (χ0n) is 14.3. The average molecular weight is 454 g/mol. The molecule has 1 heterocycles. The molecular formula is C18H19IN2O4. The van der Waals surface area contributed by atoms with Crippen molar-refractivity contribution in [3.8, 4) is 11.5 Å². The summed E-state index contributed by atoms with van der Waals surface area (Å²) in [6.45, 7) is 0.870. The summed E-state index contributed by atoms with van der Waals surface area (Å²) in [5.74, 6) is 1.38. The number of likely N-dealkylation sites (N-methyl/N-ethyl adjacent to an activating group) is 1. The summed E-state index contributed by atoms with van der Waals surface area (Å²) >= 11 is 0. The fraction of sp³-hybridized carbons (Fsp3) is 0.278. The molecule has 0 aliphatic carbocycles. The van der Waals surface area contributed by atoms with Gasteiger partial charge in [0.05, 0.1) is 24.7 Å². The van der Waals surface area contributed by atoms with Gasteiger partial charge in [-0.25, -0.2) is 4.58 Å². The normalized spacial score (nSPS) is 12.9. The highest BCUT2D eigenvalue weighted by molar-refractivity contribution is 6.11. The number of nitro groups is 1. The minimum Gasteiger partial charge on any atom is -1.00 e. The maximum atomic E-state index is 10.9. The third kappa shape index (κ3) is 3.60. The van der Waals surface area contributed by atoms with E-state index < -0.39 is 0 Å². The number of hydrogen-bond donors (Lipinski definition) is 0. The van der Waals surface area contributed by atoms with E-state index in [1.165, 1.54) is 17.7 Å². The van der Waals surface area contributed by atoms with Crippen LogP contribution in [0.1, 0.15) is 16.7 Å². The van der Waals surface area contributed by atoms with E-state index in [-0.39, 0.29) is 34.6 Å². The Morgan fingerprint density at radius 3 is 2.24 bits per heavy atom. The lowest BCUT2D eigenvalue weighted by Crippen LogP contribution is -3.00. The highest BCUT2D eigenvalue weighted by atomic mass is 127. The molecule has 25 heavy (non-hydrogen) atoms. The van der Waals surface area contributed by atoms with Crippen LogP contribution in [-0.4, -0.2) is 43.0 Å². The molecule has 0 bridgehead atoms. The van der Waals surface area contributed by atoms with Crippen LogP contribution in [0.4, 0.5) is 5.69 Å². The number of halogens is 1. The van der Waals surface area contributed by atoms with Gasteiger partial charge in [0.15, 0.2) is 11.5 Å². The van der Waals surface area contributed by atoms with Crippen molar-refractivity contribution in [3.63, 3.8) is 0 Å². The Bertz CT molecular complexity index is 832. The van der Waals surface area contributed by atoms with Gasteiger partial charge in [-0.3, -0.25) is 10.1 Å². The maximum Gasteiger partial charge on any atom is 0.269 e. The molecule has 0 aromatic heterocycles. The Labute approximate surface area is 163 Å². The first kappa shape index (κ1) is 19.2. The van der Waals surface area contributed by atoms with Crippen LogP contribution in [0.15, 0.2) is 36.4 Å². The molecule has 132 valence electrons.